The predicted octanol–water partition coefficient (Wildman–Crippen LogP) is 1.46. The van der Waals surface area contributed by atoms with Gasteiger partial charge < -0.3 is 10.0 Å². The SMILES string of the molecule is CCC1(C(=O)O)CCN(CCn2cccn2)CC1. The first-order valence-corrected chi connectivity index (χ1v) is 6.59. The maximum Gasteiger partial charge on any atom is 0.309 e. The summed E-state index contributed by atoms with van der Waals surface area (Å²) < 4.78 is 1.92. The minimum atomic E-state index is -0.628. The molecule has 5 nitrogen and oxygen atoms in total. The van der Waals surface area contributed by atoms with Crippen LogP contribution in [0, 0.1) is 5.41 Å². The number of likely N-dealkylation sites (tertiary alicyclic amines) is 1. The van der Waals surface area contributed by atoms with Gasteiger partial charge in [0.2, 0.25) is 0 Å². The monoisotopic (exact) mass is 251 g/mol. The topological polar surface area (TPSA) is 58.4 Å². The van der Waals surface area contributed by atoms with Gasteiger partial charge in [-0.1, -0.05) is 6.92 Å². The van der Waals surface area contributed by atoms with E-state index in [0.717, 1.165) is 45.4 Å². The van der Waals surface area contributed by atoms with E-state index >= 15 is 0 Å². The van der Waals surface area contributed by atoms with Crippen molar-refractivity contribution in [3.05, 3.63) is 18.5 Å². The Morgan fingerprint density at radius 3 is 2.61 bits per heavy atom. The van der Waals surface area contributed by atoms with Gasteiger partial charge in [0.05, 0.1) is 12.0 Å². The Balaban J connectivity index is 1.81. The normalized spacial score (nSPS) is 19.8. The largest absolute Gasteiger partial charge is 0.481 e. The quantitative estimate of drug-likeness (QED) is 0.860. The van der Waals surface area contributed by atoms with E-state index in [9.17, 15) is 9.90 Å². The van der Waals surface area contributed by atoms with Crippen molar-refractivity contribution < 1.29 is 9.90 Å². The van der Waals surface area contributed by atoms with Crippen molar-refractivity contribution in [3.8, 4) is 0 Å². The summed E-state index contributed by atoms with van der Waals surface area (Å²) in [5, 5.41) is 13.5. The third-order valence-corrected chi connectivity index (χ3v) is 4.15. The van der Waals surface area contributed by atoms with Crippen LogP contribution in [-0.4, -0.2) is 45.4 Å². The molecule has 0 spiro atoms. The van der Waals surface area contributed by atoms with E-state index in [4.69, 9.17) is 0 Å². The molecule has 1 N–H and O–H groups in total. The van der Waals surface area contributed by atoms with Crippen LogP contribution in [0.25, 0.3) is 0 Å². The van der Waals surface area contributed by atoms with Crippen LogP contribution in [0.5, 0.6) is 0 Å². The maximum absolute atomic E-state index is 11.3. The predicted molar refractivity (Wildman–Crippen MR) is 68.3 cm³/mol. The third-order valence-electron chi connectivity index (χ3n) is 4.15. The van der Waals surface area contributed by atoms with Crippen LogP contribution in [0.4, 0.5) is 0 Å². The molecule has 0 aliphatic carbocycles. The summed E-state index contributed by atoms with van der Waals surface area (Å²) in [5.41, 5.74) is -0.484. The van der Waals surface area contributed by atoms with Crippen LogP contribution >= 0.6 is 0 Å². The van der Waals surface area contributed by atoms with Gasteiger partial charge in [-0.15, -0.1) is 0 Å². The Morgan fingerprint density at radius 1 is 1.39 bits per heavy atom. The molecule has 0 saturated carbocycles. The fraction of sp³-hybridized carbons (Fsp3) is 0.692. The second-order valence-corrected chi connectivity index (χ2v) is 5.05. The Bertz CT molecular complexity index is 381. The number of hydrogen-bond acceptors (Lipinski definition) is 3. The van der Waals surface area contributed by atoms with E-state index in [0.29, 0.717) is 0 Å². The van der Waals surface area contributed by atoms with E-state index in [1.165, 1.54) is 0 Å². The maximum atomic E-state index is 11.3. The van der Waals surface area contributed by atoms with E-state index < -0.39 is 11.4 Å². The molecule has 18 heavy (non-hydrogen) atoms. The highest BCUT2D eigenvalue weighted by molar-refractivity contribution is 5.74. The van der Waals surface area contributed by atoms with E-state index in [1.807, 2.05) is 23.9 Å². The lowest BCUT2D eigenvalue weighted by Gasteiger charge is -2.38. The molecule has 0 radical (unpaired) electrons. The van der Waals surface area contributed by atoms with Crippen LogP contribution < -0.4 is 0 Å². The Kier molecular flexibility index (Phi) is 4.01. The summed E-state index contributed by atoms with van der Waals surface area (Å²) in [7, 11) is 0. The van der Waals surface area contributed by atoms with E-state index in [2.05, 4.69) is 10.00 Å². The molecular weight excluding hydrogens is 230 g/mol. The Labute approximate surface area is 107 Å². The minimum absolute atomic E-state index is 0.484. The number of carboxylic acids is 1. The second-order valence-electron chi connectivity index (χ2n) is 5.05. The number of carboxylic acid groups (broad SMARTS) is 1. The first-order valence-electron chi connectivity index (χ1n) is 6.59. The summed E-state index contributed by atoms with van der Waals surface area (Å²) >= 11 is 0. The number of piperidine rings is 1. The molecule has 0 atom stereocenters. The van der Waals surface area contributed by atoms with Crippen molar-refractivity contribution >= 4 is 5.97 Å². The number of rotatable bonds is 5. The highest BCUT2D eigenvalue weighted by atomic mass is 16.4. The van der Waals surface area contributed by atoms with E-state index in [-0.39, 0.29) is 0 Å². The highest BCUT2D eigenvalue weighted by Crippen LogP contribution is 2.34. The van der Waals surface area contributed by atoms with Crippen LogP contribution in [0.15, 0.2) is 18.5 Å². The fourth-order valence-electron chi connectivity index (χ4n) is 2.60. The van der Waals surface area contributed by atoms with Crippen LogP contribution in [0.3, 0.4) is 0 Å². The summed E-state index contributed by atoms with van der Waals surface area (Å²) in [6.45, 7) is 5.55. The molecule has 2 heterocycles. The molecular formula is C13H21N3O2. The van der Waals surface area contributed by atoms with E-state index in [1.54, 1.807) is 6.20 Å². The molecule has 1 aromatic heterocycles. The van der Waals surface area contributed by atoms with Crippen molar-refractivity contribution in [2.45, 2.75) is 32.7 Å². The number of hydrogen-bond donors (Lipinski definition) is 1. The smallest absolute Gasteiger partial charge is 0.309 e. The minimum Gasteiger partial charge on any atom is -0.481 e. The molecule has 1 fully saturated rings. The number of aliphatic carboxylic acids is 1. The molecule has 1 saturated heterocycles. The number of aromatic nitrogens is 2. The zero-order valence-electron chi connectivity index (χ0n) is 10.9. The number of carbonyl (C=O) groups is 1. The van der Waals surface area contributed by atoms with Gasteiger partial charge in [0, 0.05) is 18.9 Å². The molecule has 0 bridgehead atoms. The van der Waals surface area contributed by atoms with Crippen LogP contribution in [-0.2, 0) is 11.3 Å². The molecule has 100 valence electrons. The summed E-state index contributed by atoms with van der Waals surface area (Å²) in [4.78, 5) is 13.7. The molecule has 1 aromatic rings. The average Bonchev–Trinajstić information content (AvgIpc) is 2.90. The second kappa shape index (κ2) is 5.52. The standard InChI is InChI=1S/C13H21N3O2/c1-2-13(12(17)18)4-8-15(9-5-13)10-11-16-7-3-6-14-16/h3,6-7H,2,4-5,8-11H2,1H3,(H,17,18). The van der Waals surface area contributed by atoms with Crippen molar-refractivity contribution in [2.24, 2.45) is 5.41 Å². The lowest BCUT2D eigenvalue weighted by Crippen LogP contribution is -2.44. The zero-order chi connectivity index (χ0) is 13.0. The van der Waals surface area contributed by atoms with Gasteiger partial charge in [0.15, 0.2) is 0 Å². The average molecular weight is 251 g/mol. The molecule has 5 heteroatoms. The van der Waals surface area contributed by atoms with Gasteiger partial charge >= 0.3 is 5.97 Å². The Morgan fingerprint density at radius 2 is 2.11 bits per heavy atom. The fourth-order valence-corrected chi connectivity index (χ4v) is 2.60. The lowest BCUT2D eigenvalue weighted by molar-refractivity contribution is -0.152. The molecule has 1 aliphatic heterocycles. The van der Waals surface area contributed by atoms with Crippen molar-refractivity contribution in [1.82, 2.24) is 14.7 Å². The molecule has 2 rings (SSSR count). The van der Waals surface area contributed by atoms with Gasteiger partial charge in [0.1, 0.15) is 0 Å². The summed E-state index contributed by atoms with van der Waals surface area (Å²) in [6, 6.07) is 1.92. The van der Waals surface area contributed by atoms with Gasteiger partial charge in [-0.2, -0.15) is 5.10 Å². The summed E-state index contributed by atoms with van der Waals surface area (Å²) in [6.07, 6.45) is 5.99. The first-order chi connectivity index (χ1) is 8.66. The van der Waals surface area contributed by atoms with Gasteiger partial charge in [-0.05, 0) is 38.4 Å². The van der Waals surface area contributed by atoms with Crippen molar-refractivity contribution in [3.63, 3.8) is 0 Å². The summed E-state index contributed by atoms with van der Waals surface area (Å²) in [5.74, 6) is -0.628. The molecule has 0 amide bonds. The molecule has 0 unspecified atom stereocenters. The third kappa shape index (κ3) is 2.72. The Hall–Kier alpha value is -1.36. The van der Waals surface area contributed by atoms with Crippen LogP contribution in [0.1, 0.15) is 26.2 Å². The number of nitrogens with zero attached hydrogens (tertiary/aromatic N) is 3. The van der Waals surface area contributed by atoms with Crippen LogP contribution in [0.2, 0.25) is 0 Å². The van der Waals surface area contributed by atoms with Crippen molar-refractivity contribution in [1.29, 1.82) is 0 Å². The zero-order valence-corrected chi connectivity index (χ0v) is 10.9. The molecule has 0 aromatic carbocycles. The van der Waals surface area contributed by atoms with Crippen molar-refractivity contribution in [2.75, 3.05) is 19.6 Å². The lowest BCUT2D eigenvalue weighted by atomic mass is 9.76. The van der Waals surface area contributed by atoms with Gasteiger partial charge in [0.25, 0.3) is 0 Å². The first kappa shape index (κ1) is 13.1. The highest BCUT2D eigenvalue weighted by Gasteiger charge is 2.39. The van der Waals surface area contributed by atoms with Gasteiger partial charge in [-0.3, -0.25) is 9.48 Å². The van der Waals surface area contributed by atoms with Gasteiger partial charge in [-0.25, -0.2) is 0 Å². The molecule has 1 aliphatic rings.